The molecule has 0 unspecified atom stereocenters. The maximum Gasteiger partial charge on any atom is 0.156 e. The highest BCUT2D eigenvalue weighted by atomic mass is 16.5. The van der Waals surface area contributed by atoms with Gasteiger partial charge in [0.2, 0.25) is 0 Å². The summed E-state index contributed by atoms with van der Waals surface area (Å²) in [5, 5.41) is 7.76. The normalized spacial score (nSPS) is 10.8. The molecule has 0 bridgehead atoms. The minimum absolute atomic E-state index is 0.432. The first-order valence-corrected chi connectivity index (χ1v) is 8.44. The van der Waals surface area contributed by atoms with E-state index in [0.29, 0.717) is 25.6 Å². The van der Waals surface area contributed by atoms with Crippen LogP contribution in [0.15, 0.2) is 48.8 Å². The first-order chi connectivity index (χ1) is 12.2. The van der Waals surface area contributed by atoms with Crippen LogP contribution in [-0.2, 0) is 24.4 Å². The summed E-state index contributed by atoms with van der Waals surface area (Å²) < 4.78 is 7.33. The van der Waals surface area contributed by atoms with Gasteiger partial charge in [0.05, 0.1) is 12.7 Å². The molecule has 2 aromatic heterocycles. The molecule has 1 N–H and O–H groups in total. The summed E-state index contributed by atoms with van der Waals surface area (Å²) in [6.45, 7) is 6.44. The van der Waals surface area contributed by atoms with Crippen LogP contribution in [0.5, 0.6) is 0 Å². The third-order valence-electron chi connectivity index (χ3n) is 3.68. The van der Waals surface area contributed by atoms with E-state index >= 15 is 0 Å². The van der Waals surface area contributed by atoms with Crippen molar-refractivity contribution in [1.82, 2.24) is 19.7 Å². The number of aryl methyl sites for hydroxylation is 1. The average Bonchev–Trinajstić information content (AvgIpc) is 3.06. The molecule has 0 atom stereocenters. The molecule has 0 fully saturated rings. The van der Waals surface area contributed by atoms with Crippen LogP contribution in [0.1, 0.15) is 29.6 Å². The maximum atomic E-state index is 5.39. The third-order valence-corrected chi connectivity index (χ3v) is 3.68. The van der Waals surface area contributed by atoms with Crippen LogP contribution < -0.4 is 5.32 Å². The monoisotopic (exact) mass is 337 g/mol. The number of nitrogens with one attached hydrogen (secondary N) is 1. The van der Waals surface area contributed by atoms with Crippen molar-refractivity contribution in [2.45, 2.75) is 33.5 Å². The highest BCUT2D eigenvalue weighted by Crippen LogP contribution is 2.10. The summed E-state index contributed by atoms with van der Waals surface area (Å²) in [5.74, 6) is 1.50. The molecular weight excluding hydrogens is 314 g/mol. The van der Waals surface area contributed by atoms with Crippen LogP contribution in [0.2, 0.25) is 0 Å². The largest absolute Gasteiger partial charge is 0.374 e. The summed E-state index contributed by atoms with van der Waals surface area (Å²) in [5.41, 5.74) is 3.27. The smallest absolute Gasteiger partial charge is 0.156 e. The second kappa shape index (κ2) is 8.39. The van der Waals surface area contributed by atoms with Gasteiger partial charge in [0.1, 0.15) is 12.4 Å². The lowest BCUT2D eigenvalue weighted by Crippen LogP contribution is -2.06. The number of hydrogen-bond donors (Lipinski definition) is 1. The quantitative estimate of drug-likeness (QED) is 0.684. The van der Waals surface area contributed by atoms with Crippen LogP contribution >= 0.6 is 0 Å². The van der Waals surface area contributed by atoms with Gasteiger partial charge in [-0.25, -0.2) is 9.97 Å². The summed E-state index contributed by atoms with van der Waals surface area (Å²) in [7, 11) is 0. The van der Waals surface area contributed by atoms with Gasteiger partial charge in [0, 0.05) is 36.7 Å². The fourth-order valence-corrected chi connectivity index (χ4v) is 2.53. The minimum atomic E-state index is 0.432. The standard InChI is InChI=1S/C19H23N5O/c1-3-25-14-19-22-15(2)9-18(23-19)20-10-17-11-21-24(13-17)12-16-7-5-4-6-8-16/h4-9,11,13H,3,10,12,14H2,1-2H3,(H,20,22,23). The van der Waals surface area contributed by atoms with E-state index in [-0.39, 0.29) is 0 Å². The molecule has 0 radical (unpaired) electrons. The Bertz CT molecular complexity index is 801. The molecule has 0 amide bonds. The number of ether oxygens (including phenoxy) is 1. The van der Waals surface area contributed by atoms with Gasteiger partial charge in [-0.15, -0.1) is 0 Å². The summed E-state index contributed by atoms with van der Waals surface area (Å²) >= 11 is 0. The van der Waals surface area contributed by atoms with E-state index in [2.05, 4.69) is 38.7 Å². The number of nitrogens with zero attached hydrogens (tertiary/aromatic N) is 4. The molecule has 0 aliphatic carbocycles. The van der Waals surface area contributed by atoms with Gasteiger partial charge in [-0.05, 0) is 19.4 Å². The Labute approximate surface area is 147 Å². The van der Waals surface area contributed by atoms with E-state index in [0.717, 1.165) is 23.6 Å². The fraction of sp³-hybridized carbons (Fsp3) is 0.316. The molecule has 0 spiro atoms. The Morgan fingerprint density at radius 3 is 2.76 bits per heavy atom. The lowest BCUT2D eigenvalue weighted by atomic mass is 10.2. The van der Waals surface area contributed by atoms with Crippen molar-refractivity contribution in [3.63, 3.8) is 0 Å². The zero-order valence-corrected chi connectivity index (χ0v) is 14.6. The molecule has 6 nitrogen and oxygen atoms in total. The van der Waals surface area contributed by atoms with Crippen molar-refractivity contribution in [1.29, 1.82) is 0 Å². The summed E-state index contributed by atoms with van der Waals surface area (Å²) in [4.78, 5) is 8.87. The van der Waals surface area contributed by atoms with Gasteiger partial charge in [-0.3, -0.25) is 4.68 Å². The lowest BCUT2D eigenvalue weighted by Gasteiger charge is -2.08. The Morgan fingerprint density at radius 1 is 1.12 bits per heavy atom. The topological polar surface area (TPSA) is 64.9 Å². The maximum absolute atomic E-state index is 5.39. The first-order valence-electron chi connectivity index (χ1n) is 8.44. The zero-order valence-electron chi connectivity index (χ0n) is 14.6. The number of aromatic nitrogens is 4. The first kappa shape index (κ1) is 17.1. The van der Waals surface area contributed by atoms with Crippen molar-refractivity contribution in [3.8, 4) is 0 Å². The third kappa shape index (κ3) is 5.12. The molecule has 3 aromatic rings. The molecule has 0 saturated heterocycles. The predicted molar refractivity (Wildman–Crippen MR) is 97.2 cm³/mol. The van der Waals surface area contributed by atoms with Crippen LogP contribution in [0.3, 0.4) is 0 Å². The van der Waals surface area contributed by atoms with Crippen molar-refractivity contribution in [3.05, 3.63) is 71.4 Å². The Balaban J connectivity index is 1.59. The molecule has 25 heavy (non-hydrogen) atoms. The molecule has 2 heterocycles. The highest BCUT2D eigenvalue weighted by Gasteiger charge is 2.04. The van der Waals surface area contributed by atoms with Crippen molar-refractivity contribution >= 4 is 5.82 Å². The van der Waals surface area contributed by atoms with Gasteiger partial charge < -0.3 is 10.1 Å². The Hall–Kier alpha value is -2.73. The van der Waals surface area contributed by atoms with Gasteiger partial charge in [0.15, 0.2) is 5.82 Å². The number of anilines is 1. The van der Waals surface area contributed by atoms with Gasteiger partial charge in [0.25, 0.3) is 0 Å². The molecule has 0 aliphatic heterocycles. The molecule has 0 aliphatic rings. The van der Waals surface area contributed by atoms with Gasteiger partial charge in [-0.2, -0.15) is 5.10 Å². The van der Waals surface area contributed by atoms with E-state index < -0.39 is 0 Å². The van der Waals surface area contributed by atoms with Gasteiger partial charge in [-0.1, -0.05) is 30.3 Å². The van der Waals surface area contributed by atoms with Crippen molar-refractivity contribution in [2.75, 3.05) is 11.9 Å². The summed E-state index contributed by atoms with van der Waals surface area (Å²) in [6, 6.07) is 12.2. The van der Waals surface area contributed by atoms with E-state index in [4.69, 9.17) is 4.74 Å². The summed E-state index contributed by atoms with van der Waals surface area (Å²) in [6.07, 6.45) is 3.93. The van der Waals surface area contributed by atoms with Crippen LogP contribution in [0.4, 0.5) is 5.82 Å². The Morgan fingerprint density at radius 2 is 1.96 bits per heavy atom. The van der Waals surface area contributed by atoms with Crippen molar-refractivity contribution < 1.29 is 4.74 Å². The van der Waals surface area contributed by atoms with E-state index in [9.17, 15) is 0 Å². The molecule has 0 saturated carbocycles. The second-order valence-corrected chi connectivity index (χ2v) is 5.83. The second-order valence-electron chi connectivity index (χ2n) is 5.83. The highest BCUT2D eigenvalue weighted by molar-refractivity contribution is 5.36. The lowest BCUT2D eigenvalue weighted by molar-refractivity contribution is 0.128. The van der Waals surface area contributed by atoms with Gasteiger partial charge >= 0.3 is 0 Å². The number of rotatable bonds is 8. The fourth-order valence-electron chi connectivity index (χ4n) is 2.53. The van der Waals surface area contributed by atoms with Crippen LogP contribution in [0, 0.1) is 6.92 Å². The molecular formula is C19H23N5O. The molecule has 6 heteroatoms. The van der Waals surface area contributed by atoms with Crippen LogP contribution in [0.25, 0.3) is 0 Å². The Kier molecular flexibility index (Phi) is 5.74. The van der Waals surface area contributed by atoms with Crippen LogP contribution in [-0.4, -0.2) is 26.4 Å². The molecule has 3 rings (SSSR count). The van der Waals surface area contributed by atoms with Crippen molar-refractivity contribution in [2.24, 2.45) is 0 Å². The number of benzene rings is 1. The minimum Gasteiger partial charge on any atom is -0.374 e. The molecule has 130 valence electrons. The van der Waals surface area contributed by atoms with E-state index in [1.54, 1.807) is 0 Å². The zero-order chi connectivity index (χ0) is 17.5. The predicted octanol–water partition coefficient (Wildman–Crippen LogP) is 3.18. The SMILES string of the molecule is CCOCc1nc(C)cc(NCc2cnn(Cc3ccccc3)c2)n1. The van der Waals surface area contributed by atoms with E-state index in [1.165, 1.54) is 5.56 Å². The average molecular weight is 337 g/mol. The van der Waals surface area contributed by atoms with E-state index in [1.807, 2.05) is 49.0 Å². The molecule has 1 aromatic carbocycles. The number of hydrogen-bond acceptors (Lipinski definition) is 5.